The van der Waals surface area contributed by atoms with Gasteiger partial charge in [0.2, 0.25) is 0 Å². The molecule has 6 nitrogen and oxygen atoms in total. The SMILES string of the molecule is COc1cccc(C(=O)O)c1Oc1nncs1. The summed E-state index contributed by atoms with van der Waals surface area (Å²) in [5.41, 5.74) is 1.50. The normalized spacial score (nSPS) is 9.94. The van der Waals surface area contributed by atoms with Crippen LogP contribution < -0.4 is 9.47 Å². The van der Waals surface area contributed by atoms with Gasteiger partial charge in [0.15, 0.2) is 11.5 Å². The first-order valence-electron chi connectivity index (χ1n) is 4.56. The Bertz CT molecular complexity index is 527. The number of aromatic nitrogens is 2. The van der Waals surface area contributed by atoms with E-state index >= 15 is 0 Å². The maximum atomic E-state index is 11.1. The van der Waals surface area contributed by atoms with Crippen molar-refractivity contribution in [2.45, 2.75) is 0 Å². The summed E-state index contributed by atoms with van der Waals surface area (Å²) in [7, 11) is 1.44. The molecule has 0 aliphatic rings. The van der Waals surface area contributed by atoms with Crippen LogP contribution in [0.4, 0.5) is 0 Å². The van der Waals surface area contributed by atoms with E-state index in [0.717, 1.165) is 11.3 Å². The van der Waals surface area contributed by atoms with Gasteiger partial charge < -0.3 is 14.6 Å². The number of para-hydroxylation sites is 1. The fourth-order valence-electron chi connectivity index (χ4n) is 1.24. The average molecular weight is 252 g/mol. The first-order chi connectivity index (χ1) is 8.22. The largest absolute Gasteiger partial charge is 0.493 e. The van der Waals surface area contributed by atoms with Crippen molar-refractivity contribution < 1.29 is 19.4 Å². The summed E-state index contributed by atoms with van der Waals surface area (Å²) in [6.45, 7) is 0. The van der Waals surface area contributed by atoms with E-state index in [0.29, 0.717) is 5.75 Å². The van der Waals surface area contributed by atoms with Gasteiger partial charge in [-0.2, -0.15) is 0 Å². The summed E-state index contributed by atoms with van der Waals surface area (Å²) in [5.74, 6) is -0.636. The molecular formula is C10H8N2O4S. The van der Waals surface area contributed by atoms with Gasteiger partial charge in [-0.05, 0) is 12.1 Å². The van der Waals surface area contributed by atoms with Crippen LogP contribution >= 0.6 is 11.3 Å². The van der Waals surface area contributed by atoms with E-state index in [2.05, 4.69) is 10.2 Å². The molecule has 0 bridgehead atoms. The predicted molar refractivity (Wildman–Crippen MR) is 59.9 cm³/mol. The number of carbonyl (C=O) groups is 1. The Balaban J connectivity index is 2.45. The van der Waals surface area contributed by atoms with Gasteiger partial charge in [-0.15, -0.1) is 5.10 Å². The van der Waals surface area contributed by atoms with Crippen molar-refractivity contribution in [3.8, 4) is 16.7 Å². The van der Waals surface area contributed by atoms with E-state index in [1.807, 2.05) is 0 Å². The maximum Gasteiger partial charge on any atom is 0.339 e. The van der Waals surface area contributed by atoms with Crippen LogP contribution in [0.2, 0.25) is 0 Å². The van der Waals surface area contributed by atoms with Crippen LogP contribution in [0.5, 0.6) is 16.7 Å². The Kier molecular flexibility index (Phi) is 3.20. The zero-order chi connectivity index (χ0) is 12.3. The van der Waals surface area contributed by atoms with Crippen LogP contribution in [0.1, 0.15) is 10.4 Å². The number of aromatic carboxylic acids is 1. The molecule has 2 rings (SSSR count). The van der Waals surface area contributed by atoms with Crippen LogP contribution in [0.3, 0.4) is 0 Å². The number of ether oxygens (including phenoxy) is 2. The van der Waals surface area contributed by atoms with Gasteiger partial charge in [-0.25, -0.2) is 4.79 Å². The molecule has 0 saturated heterocycles. The molecule has 0 amide bonds. The molecule has 0 atom stereocenters. The van der Waals surface area contributed by atoms with Crippen molar-refractivity contribution in [3.63, 3.8) is 0 Å². The minimum absolute atomic E-state index is 0.0135. The number of hydrogen-bond donors (Lipinski definition) is 1. The summed E-state index contributed by atoms with van der Waals surface area (Å²) in [6, 6.07) is 4.62. The molecule has 17 heavy (non-hydrogen) atoms. The fourth-order valence-corrected chi connectivity index (χ4v) is 1.66. The van der Waals surface area contributed by atoms with Gasteiger partial charge in [0.25, 0.3) is 5.19 Å². The molecule has 1 aromatic heterocycles. The molecule has 88 valence electrons. The summed E-state index contributed by atoms with van der Waals surface area (Å²) < 4.78 is 10.4. The zero-order valence-electron chi connectivity index (χ0n) is 8.78. The van der Waals surface area contributed by atoms with E-state index < -0.39 is 5.97 Å². The number of nitrogens with zero attached hydrogens (tertiary/aromatic N) is 2. The molecule has 0 unspecified atom stereocenters. The van der Waals surface area contributed by atoms with Crippen LogP contribution in [-0.4, -0.2) is 28.4 Å². The molecule has 0 radical (unpaired) electrons. The lowest BCUT2D eigenvalue weighted by Gasteiger charge is -2.10. The van der Waals surface area contributed by atoms with Crippen molar-refractivity contribution in [1.82, 2.24) is 10.2 Å². The Morgan fingerprint density at radius 2 is 2.29 bits per heavy atom. The molecule has 0 aliphatic heterocycles. The van der Waals surface area contributed by atoms with E-state index in [1.165, 1.54) is 18.7 Å². The number of hydrogen-bond acceptors (Lipinski definition) is 6. The monoisotopic (exact) mass is 252 g/mol. The Hall–Kier alpha value is -2.15. The van der Waals surface area contributed by atoms with Gasteiger partial charge in [0.05, 0.1) is 7.11 Å². The first kappa shape index (κ1) is 11.3. The topological polar surface area (TPSA) is 81.5 Å². The lowest BCUT2D eigenvalue weighted by atomic mass is 10.2. The first-order valence-corrected chi connectivity index (χ1v) is 5.44. The Morgan fingerprint density at radius 3 is 2.88 bits per heavy atom. The second-order valence-corrected chi connectivity index (χ2v) is 3.74. The van der Waals surface area contributed by atoms with Crippen molar-refractivity contribution in [1.29, 1.82) is 0 Å². The summed E-state index contributed by atoms with van der Waals surface area (Å²) >= 11 is 1.16. The molecule has 1 heterocycles. The van der Waals surface area contributed by atoms with E-state index in [-0.39, 0.29) is 16.5 Å². The fraction of sp³-hybridized carbons (Fsp3) is 0.100. The van der Waals surface area contributed by atoms with E-state index in [4.69, 9.17) is 14.6 Å². The van der Waals surface area contributed by atoms with Gasteiger partial charge in [-0.3, -0.25) is 0 Å². The number of carboxylic acids is 1. The molecule has 0 fully saturated rings. The number of carboxylic acid groups (broad SMARTS) is 1. The quantitative estimate of drug-likeness (QED) is 0.896. The zero-order valence-corrected chi connectivity index (χ0v) is 9.60. The van der Waals surface area contributed by atoms with Gasteiger partial charge in [-0.1, -0.05) is 22.5 Å². The lowest BCUT2D eigenvalue weighted by Crippen LogP contribution is -2.01. The van der Waals surface area contributed by atoms with Crippen LogP contribution in [0.25, 0.3) is 0 Å². The molecule has 0 aliphatic carbocycles. The standard InChI is InChI=1S/C10H8N2O4S/c1-15-7-4-2-3-6(9(13)14)8(7)16-10-12-11-5-17-10/h2-5H,1H3,(H,13,14). The van der Waals surface area contributed by atoms with Crippen LogP contribution in [-0.2, 0) is 0 Å². The minimum atomic E-state index is -1.09. The van der Waals surface area contributed by atoms with Gasteiger partial charge in [0, 0.05) is 0 Å². The number of methoxy groups -OCH3 is 1. The van der Waals surface area contributed by atoms with Crippen molar-refractivity contribution >= 4 is 17.3 Å². The second kappa shape index (κ2) is 4.79. The third kappa shape index (κ3) is 2.34. The Labute approximate surface area is 100 Å². The summed E-state index contributed by atoms with van der Waals surface area (Å²) in [6.07, 6.45) is 0. The highest BCUT2D eigenvalue weighted by Gasteiger charge is 2.17. The van der Waals surface area contributed by atoms with Crippen molar-refractivity contribution in [2.24, 2.45) is 0 Å². The highest BCUT2D eigenvalue weighted by atomic mass is 32.1. The van der Waals surface area contributed by atoms with Crippen molar-refractivity contribution in [3.05, 3.63) is 29.3 Å². The highest BCUT2D eigenvalue weighted by Crippen LogP contribution is 2.35. The van der Waals surface area contributed by atoms with Gasteiger partial charge >= 0.3 is 5.97 Å². The lowest BCUT2D eigenvalue weighted by molar-refractivity contribution is 0.0693. The second-order valence-electron chi connectivity index (χ2n) is 2.95. The molecule has 0 saturated carbocycles. The number of benzene rings is 1. The summed E-state index contributed by atoms with van der Waals surface area (Å²) in [5, 5.41) is 16.6. The van der Waals surface area contributed by atoms with E-state index in [9.17, 15) is 4.79 Å². The smallest absolute Gasteiger partial charge is 0.339 e. The average Bonchev–Trinajstić information content (AvgIpc) is 2.82. The minimum Gasteiger partial charge on any atom is -0.493 e. The highest BCUT2D eigenvalue weighted by molar-refractivity contribution is 7.11. The molecule has 7 heteroatoms. The molecule has 1 N–H and O–H groups in total. The van der Waals surface area contributed by atoms with Crippen LogP contribution in [0, 0.1) is 0 Å². The third-order valence-electron chi connectivity index (χ3n) is 1.96. The van der Waals surface area contributed by atoms with Gasteiger partial charge in [0.1, 0.15) is 11.1 Å². The third-order valence-corrected chi connectivity index (χ3v) is 2.52. The summed E-state index contributed by atoms with van der Waals surface area (Å²) in [4.78, 5) is 11.1. The molecular weight excluding hydrogens is 244 g/mol. The van der Waals surface area contributed by atoms with Crippen molar-refractivity contribution in [2.75, 3.05) is 7.11 Å². The predicted octanol–water partition coefficient (Wildman–Crippen LogP) is 2.04. The Morgan fingerprint density at radius 1 is 1.47 bits per heavy atom. The number of rotatable bonds is 4. The molecule has 1 aromatic carbocycles. The van der Waals surface area contributed by atoms with Crippen LogP contribution in [0.15, 0.2) is 23.7 Å². The molecule has 0 spiro atoms. The maximum absolute atomic E-state index is 11.1. The van der Waals surface area contributed by atoms with E-state index in [1.54, 1.807) is 12.1 Å². The molecule has 2 aromatic rings.